The number of likely N-dealkylation sites (tertiary alicyclic amines) is 1. The molecule has 3 aliphatic heterocycles. The Morgan fingerprint density at radius 1 is 1.35 bits per heavy atom. The fourth-order valence-corrected chi connectivity index (χ4v) is 4.39. The van der Waals surface area contributed by atoms with Gasteiger partial charge < -0.3 is 19.5 Å². The van der Waals surface area contributed by atoms with Crippen LogP contribution in [0.25, 0.3) is 0 Å². The summed E-state index contributed by atoms with van der Waals surface area (Å²) in [7, 11) is 1.88. The number of aliphatic imine (C=N–C) groups is 1. The molecule has 0 aromatic carbocycles. The Morgan fingerprint density at radius 2 is 2.04 bits per heavy atom. The molecule has 0 saturated carbocycles. The summed E-state index contributed by atoms with van der Waals surface area (Å²) in [5.74, 6) is 3.52. The van der Waals surface area contributed by atoms with Crippen molar-refractivity contribution in [3.8, 4) is 0 Å². The van der Waals surface area contributed by atoms with Crippen molar-refractivity contribution in [1.82, 2.24) is 19.8 Å². The smallest absolute Gasteiger partial charge is 0.193 e. The fraction of sp³-hybridized carbons (Fsp3) is 0.750. The predicted octanol–water partition coefficient (Wildman–Crippen LogP) is 1.49. The highest BCUT2D eigenvalue weighted by Gasteiger charge is 2.53. The first-order valence-electron chi connectivity index (χ1n) is 8.35. The van der Waals surface area contributed by atoms with Crippen LogP contribution in [0.15, 0.2) is 17.4 Å². The van der Waals surface area contributed by atoms with Crippen molar-refractivity contribution < 1.29 is 4.74 Å². The molecule has 2 bridgehead atoms. The van der Waals surface area contributed by atoms with E-state index in [0.717, 1.165) is 38.0 Å². The predicted molar refractivity (Wildman–Crippen MR) is 100 cm³/mol. The average molecular weight is 431 g/mol. The molecule has 4 rings (SSSR count). The minimum atomic E-state index is 0. The van der Waals surface area contributed by atoms with Crippen molar-refractivity contribution in [1.29, 1.82) is 0 Å². The highest BCUT2D eigenvalue weighted by atomic mass is 127. The van der Waals surface area contributed by atoms with E-state index in [9.17, 15) is 0 Å². The van der Waals surface area contributed by atoms with Gasteiger partial charge in [0.25, 0.3) is 0 Å². The molecule has 0 aliphatic carbocycles. The number of guanidine groups is 1. The number of aromatic nitrogens is 2. The van der Waals surface area contributed by atoms with Crippen molar-refractivity contribution in [3.63, 3.8) is 0 Å². The van der Waals surface area contributed by atoms with Crippen LogP contribution < -0.4 is 5.32 Å². The lowest BCUT2D eigenvalue weighted by Gasteiger charge is -2.23. The van der Waals surface area contributed by atoms with Crippen LogP contribution in [0, 0.1) is 18.8 Å². The third kappa shape index (κ3) is 3.09. The van der Waals surface area contributed by atoms with E-state index in [2.05, 4.69) is 24.8 Å². The van der Waals surface area contributed by atoms with Crippen molar-refractivity contribution >= 4 is 29.9 Å². The van der Waals surface area contributed by atoms with Gasteiger partial charge in [0, 0.05) is 57.5 Å². The van der Waals surface area contributed by atoms with Crippen LogP contribution in [0.2, 0.25) is 0 Å². The van der Waals surface area contributed by atoms with Gasteiger partial charge >= 0.3 is 0 Å². The van der Waals surface area contributed by atoms with E-state index >= 15 is 0 Å². The molecule has 0 spiro atoms. The SMILES string of the molecule is CN=C(NCCn1ccnc1C)N1CC2C3CCC(O3)C2C1.I. The van der Waals surface area contributed by atoms with E-state index in [1.807, 2.05) is 26.4 Å². The minimum absolute atomic E-state index is 0. The molecule has 3 saturated heterocycles. The molecule has 0 amide bonds. The number of halogens is 1. The molecular weight excluding hydrogens is 405 g/mol. The number of ether oxygens (including phenoxy) is 1. The quantitative estimate of drug-likeness (QED) is 0.448. The molecular formula is C16H26IN5O. The van der Waals surface area contributed by atoms with Crippen LogP contribution in [0.1, 0.15) is 18.7 Å². The highest BCUT2D eigenvalue weighted by molar-refractivity contribution is 14.0. The highest BCUT2D eigenvalue weighted by Crippen LogP contribution is 2.47. The average Bonchev–Trinajstić information content (AvgIpc) is 3.26. The zero-order valence-electron chi connectivity index (χ0n) is 13.8. The Bertz CT molecular complexity index is 557. The number of fused-ring (bicyclic) bond motifs is 5. The summed E-state index contributed by atoms with van der Waals surface area (Å²) >= 11 is 0. The lowest BCUT2D eigenvalue weighted by Crippen LogP contribution is -2.42. The number of aryl methyl sites for hydroxylation is 1. The maximum Gasteiger partial charge on any atom is 0.193 e. The van der Waals surface area contributed by atoms with Gasteiger partial charge in [0.15, 0.2) is 5.96 Å². The number of imidazole rings is 1. The topological polar surface area (TPSA) is 54.7 Å². The van der Waals surface area contributed by atoms with Gasteiger partial charge in [-0.2, -0.15) is 0 Å². The zero-order valence-corrected chi connectivity index (χ0v) is 16.1. The summed E-state index contributed by atoms with van der Waals surface area (Å²) in [6.07, 6.45) is 7.40. The summed E-state index contributed by atoms with van der Waals surface area (Å²) in [4.78, 5) is 11.2. The molecule has 6 nitrogen and oxygen atoms in total. The molecule has 128 valence electrons. The first kappa shape index (κ1) is 17.0. The maximum absolute atomic E-state index is 6.05. The number of nitrogens with one attached hydrogen (secondary N) is 1. The third-order valence-electron chi connectivity index (χ3n) is 5.52. The van der Waals surface area contributed by atoms with Gasteiger partial charge in [-0.1, -0.05) is 0 Å². The Morgan fingerprint density at radius 3 is 2.61 bits per heavy atom. The molecule has 3 aliphatic rings. The number of hydrogen-bond donors (Lipinski definition) is 1. The second-order valence-corrected chi connectivity index (χ2v) is 6.66. The molecule has 7 heteroatoms. The van der Waals surface area contributed by atoms with E-state index in [1.165, 1.54) is 12.8 Å². The summed E-state index contributed by atoms with van der Waals surface area (Å²) < 4.78 is 8.21. The monoisotopic (exact) mass is 431 g/mol. The molecule has 4 unspecified atom stereocenters. The van der Waals surface area contributed by atoms with E-state index in [1.54, 1.807) is 0 Å². The molecule has 1 N–H and O–H groups in total. The van der Waals surface area contributed by atoms with Crippen LogP contribution >= 0.6 is 24.0 Å². The Labute approximate surface area is 154 Å². The van der Waals surface area contributed by atoms with E-state index in [4.69, 9.17) is 4.74 Å². The number of rotatable bonds is 3. The van der Waals surface area contributed by atoms with Crippen molar-refractivity contribution in [2.24, 2.45) is 16.8 Å². The molecule has 23 heavy (non-hydrogen) atoms. The second kappa shape index (κ2) is 6.96. The van der Waals surface area contributed by atoms with Crippen molar-refractivity contribution in [2.75, 3.05) is 26.7 Å². The van der Waals surface area contributed by atoms with Gasteiger partial charge in [0.2, 0.25) is 0 Å². The lowest BCUT2D eigenvalue weighted by molar-refractivity contribution is 0.0767. The first-order chi connectivity index (χ1) is 10.8. The molecule has 3 fully saturated rings. The minimum Gasteiger partial charge on any atom is -0.374 e. The second-order valence-electron chi connectivity index (χ2n) is 6.66. The van der Waals surface area contributed by atoms with E-state index in [-0.39, 0.29) is 24.0 Å². The standard InChI is InChI=1S/C16H25N5O.HI/c1-11-18-5-7-20(11)8-6-19-16(17-2)21-9-12-13(10-21)15-4-3-14(12)22-15;/h5,7,12-15H,3-4,6,8-10H2,1-2H3,(H,17,19);1H. The van der Waals surface area contributed by atoms with Crippen molar-refractivity contribution in [3.05, 3.63) is 18.2 Å². The molecule has 1 aromatic heterocycles. The van der Waals surface area contributed by atoms with Gasteiger partial charge in [-0.25, -0.2) is 4.98 Å². The molecule has 4 heterocycles. The normalized spacial score (nSPS) is 32.1. The Balaban J connectivity index is 0.00000156. The lowest BCUT2D eigenvalue weighted by atomic mass is 9.82. The Hall–Kier alpha value is -0.830. The van der Waals surface area contributed by atoms with Crippen LogP contribution in [-0.4, -0.2) is 59.3 Å². The summed E-state index contributed by atoms with van der Waals surface area (Å²) in [6.45, 7) is 6.01. The van der Waals surface area contributed by atoms with E-state index < -0.39 is 0 Å². The maximum atomic E-state index is 6.05. The van der Waals surface area contributed by atoms with Crippen molar-refractivity contribution in [2.45, 2.75) is 38.5 Å². The van der Waals surface area contributed by atoms with E-state index in [0.29, 0.717) is 24.0 Å². The number of hydrogen-bond acceptors (Lipinski definition) is 3. The summed E-state index contributed by atoms with van der Waals surface area (Å²) in [5, 5.41) is 3.50. The largest absolute Gasteiger partial charge is 0.374 e. The van der Waals surface area contributed by atoms with Gasteiger partial charge in [0.1, 0.15) is 5.82 Å². The molecule has 4 atom stereocenters. The van der Waals surface area contributed by atoms with Gasteiger partial charge in [-0.05, 0) is 19.8 Å². The van der Waals surface area contributed by atoms with Crippen LogP contribution in [0.4, 0.5) is 0 Å². The van der Waals surface area contributed by atoms with Crippen LogP contribution in [0.5, 0.6) is 0 Å². The molecule has 0 radical (unpaired) electrons. The van der Waals surface area contributed by atoms with Gasteiger partial charge in [0.05, 0.1) is 12.2 Å². The van der Waals surface area contributed by atoms with Gasteiger partial charge in [-0.3, -0.25) is 4.99 Å². The van der Waals surface area contributed by atoms with Crippen LogP contribution in [-0.2, 0) is 11.3 Å². The zero-order chi connectivity index (χ0) is 15.1. The first-order valence-corrected chi connectivity index (χ1v) is 8.35. The summed E-state index contributed by atoms with van der Waals surface area (Å²) in [6, 6.07) is 0. The number of nitrogens with zero attached hydrogens (tertiary/aromatic N) is 4. The summed E-state index contributed by atoms with van der Waals surface area (Å²) in [5.41, 5.74) is 0. The Kier molecular flexibility index (Phi) is 5.15. The van der Waals surface area contributed by atoms with Gasteiger partial charge in [-0.15, -0.1) is 24.0 Å². The van der Waals surface area contributed by atoms with Crippen LogP contribution in [0.3, 0.4) is 0 Å². The molecule has 1 aromatic rings. The third-order valence-corrected chi connectivity index (χ3v) is 5.52. The fourth-order valence-electron chi connectivity index (χ4n) is 4.39.